The van der Waals surface area contributed by atoms with E-state index >= 15 is 0 Å². The Bertz CT molecular complexity index is 348. The zero-order chi connectivity index (χ0) is 9.68. The zero-order valence-electron chi connectivity index (χ0n) is 6.67. The van der Waals surface area contributed by atoms with Gasteiger partial charge >= 0.3 is 17.0 Å². The first-order chi connectivity index (χ1) is 6.18. The molecule has 0 radical (unpaired) electrons. The molecule has 0 bridgehead atoms. The summed E-state index contributed by atoms with van der Waals surface area (Å²) >= 11 is 0. The highest BCUT2D eigenvalue weighted by Gasteiger charge is 2.04. The average Bonchev–Trinajstić information content (AvgIpc) is 2.04. The van der Waals surface area contributed by atoms with E-state index in [1.54, 1.807) is 24.3 Å². The first-order valence-corrected chi connectivity index (χ1v) is 4.67. The Kier molecular flexibility index (Phi) is 3.45. The van der Waals surface area contributed by atoms with Gasteiger partial charge in [0.1, 0.15) is 0 Å². The molecule has 0 unspecified atom stereocenters. The molecule has 13 heavy (non-hydrogen) atoms. The summed E-state index contributed by atoms with van der Waals surface area (Å²) in [6.45, 7) is 0. The number of rotatable bonds is 3. The lowest BCUT2D eigenvalue weighted by Gasteiger charge is -1.96. The molecule has 0 spiro atoms. The van der Waals surface area contributed by atoms with Crippen molar-refractivity contribution in [2.24, 2.45) is 0 Å². The van der Waals surface area contributed by atoms with E-state index in [1.165, 1.54) is 0 Å². The van der Waals surface area contributed by atoms with E-state index < -0.39 is 17.0 Å². The summed E-state index contributed by atoms with van der Waals surface area (Å²) < 4.78 is 24.0. The van der Waals surface area contributed by atoms with Crippen molar-refractivity contribution in [1.82, 2.24) is 0 Å². The van der Waals surface area contributed by atoms with Crippen LogP contribution in [0.1, 0.15) is 5.56 Å². The zero-order valence-corrected chi connectivity index (χ0v) is 7.57. The van der Waals surface area contributed by atoms with Crippen LogP contribution in [0.2, 0.25) is 0 Å². The molecule has 0 fully saturated rings. The van der Waals surface area contributed by atoms with E-state index in [4.69, 9.17) is 0 Å². The molecule has 0 N–H and O–H groups in total. The minimum absolute atomic E-state index is 0.0237. The number of carbonyl (C=O) groups is 1. The predicted molar refractivity (Wildman–Crippen MR) is 46.6 cm³/mol. The number of hydrogen-bond donors (Lipinski definition) is 1. The van der Waals surface area contributed by atoms with Gasteiger partial charge in [-0.05, 0) is 5.56 Å². The number of carbonyl (C=O) groups excluding carboxylic acids is 1. The van der Waals surface area contributed by atoms with E-state index in [0.29, 0.717) is 0 Å². The van der Waals surface area contributed by atoms with E-state index in [1.807, 2.05) is 6.07 Å². The quantitative estimate of drug-likeness (QED) is 0.713. The van der Waals surface area contributed by atoms with Crippen LogP contribution in [0.15, 0.2) is 30.3 Å². The van der Waals surface area contributed by atoms with Crippen LogP contribution in [-0.2, 0) is 26.4 Å². The number of thiol groups is 1. The van der Waals surface area contributed by atoms with Crippen molar-refractivity contribution < 1.29 is 17.4 Å². The average molecular weight is 200 g/mol. The fourth-order valence-corrected chi connectivity index (χ4v) is 1.11. The predicted octanol–water partition coefficient (Wildman–Crippen LogP) is 0.299. The van der Waals surface area contributed by atoms with Crippen molar-refractivity contribution in [1.29, 1.82) is 0 Å². The third-order valence-electron chi connectivity index (χ3n) is 1.37. The molecule has 1 aromatic carbocycles. The molecule has 0 aliphatic rings. The van der Waals surface area contributed by atoms with Crippen LogP contribution in [0.25, 0.3) is 0 Å². The second-order valence-corrected chi connectivity index (χ2v) is 2.98. The lowest BCUT2D eigenvalue weighted by molar-refractivity contribution is -0.132. The normalized spacial score (nSPS) is 9.92. The second kappa shape index (κ2) is 4.61. The van der Waals surface area contributed by atoms with Crippen LogP contribution < -0.4 is 0 Å². The Morgan fingerprint density at radius 2 is 1.85 bits per heavy atom. The van der Waals surface area contributed by atoms with Crippen LogP contribution in [0, 0.1) is 0 Å². The molecule has 4 nitrogen and oxygen atoms in total. The molecule has 5 heteroatoms. The summed E-state index contributed by atoms with van der Waals surface area (Å²) in [5.41, 5.74) is 0.726. The van der Waals surface area contributed by atoms with Crippen molar-refractivity contribution >= 4 is 17.0 Å². The lowest BCUT2D eigenvalue weighted by Crippen LogP contribution is -2.06. The Morgan fingerprint density at radius 3 is 2.38 bits per heavy atom. The number of hydrogen-bond acceptors (Lipinski definition) is 4. The molecule has 0 aliphatic heterocycles. The van der Waals surface area contributed by atoms with Crippen molar-refractivity contribution in [3.05, 3.63) is 35.9 Å². The SMILES string of the molecule is O=C(Cc1ccccc1)O[SH](=O)=O. The summed E-state index contributed by atoms with van der Waals surface area (Å²) in [4.78, 5) is 10.8. The highest BCUT2D eigenvalue weighted by molar-refractivity contribution is 7.67. The summed E-state index contributed by atoms with van der Waals surface area (Å²) in [5.74, 6) is -0.762. The van der Waals surface area contributed by atoms with Gasteiger partial charge in [-0.15, -0.1) is 0 Å². The summed E-state index contributed by atoms with van der Waals surface area (Å²) in [7, 11) is -3.09. The molecule has 0 heterocycles. The molecule has 0 amide bonds. The van der Waals surface area contributed by atoms with Crippen LogP contribution >= 0.6 is 0 Å². The largest absolute Gasteiger partial charge is 0.347 e. The standard InChI is InChI=1S/C8H8O4S/c9-8(12-13(10)11)6-7-4-2-1-3-5-7/h1-5,13H,6H2. The van der Waals surface area contributed by atoms with Crippen LogP contribution in [0.5, 0.6) is 0 Å². The highest BCUT2D eigenvalue weighted by Crippen LogP contribution is 2.00. The van der Waals surface area contributed by atoms with E-state index in [0.717, 1.165) is 5.56 Å². The first kappa shape index (κ1) is 9.73. The van der Waals surface area contributed by atoms with Gasteiger partial charge in [0.15, 0.2) is 0 Å². The Morgan fingerprint density at radius 1 is 1.23 bits per heavy atom. The van der Waals surface area contributed by atoms with Gasteiger partial charge in [-0.25, -0.2) is 0 Å². The summed E-state index contributed by atoms with van der Waals surface area (Å²) in [6, 6.07) is 8.78. The minimum Gasteiger partial charge on any atom is -0.347 e. The Labute approximate surface area is 77.3 Å². The van der Waals surface area contributed by atoms with Gasteiger partial charge in [0, 0.05) is 0 Å². The van der Waals surface area contributed by atoms with Crippen molar-refractivity contribution in [2.75, 3.05) is 0 Å². The van der Waals surface area contributed by atoms with Gasteiger partial charge < -0.3 is 4.18 Å². The molecule has 70 valence electrons. The Hall–Kier alpha value is -1.36. The summed E-state index contributed by atoms with van der Waals surface area (Å²) in [6.07, 6.45) is -0.0237. The first-order valence-electron chi connectivity index (χ1n) is 3.57. The third kappa shape index (κ3) is 3.71. The van der Waals surface area contributed by atoms with E-state index in [2.05, 4.69) is 4.18 Å². The topological polar surface area (TPSA) is 60.4 Å². The maximum atomic E-state index is 10.8. The monoisotopic (exact) mass is 200 g/mol. The highest BCUT2D eigenvalue weighted by atomic mass is 32.2. The molecule has 1 rings (SSSR count). The maximum absolute atomic E-state index is 10.8. The van der Waals surface area contributed by atoms with Gasteiger partial charge in [-0.3, -0.25) is 4.79 Å². The molecule has 0 atom stereocenters. The number of benzene rings is 1. The van der Waals surface area contributed by atoms with Crippen molar-refractivity contribution in [3.63, 3.8) is 0 Å². The maximum Gasteiger partial charge on any atom is 0.326 e. The van der Waals surface area contributed by atoms with Crippen LogP contribution in [0.3, 0.4) is 0 Å². The van der Waals surface area contributed by atoms with E-state index in [-0.39, 0.29) is 6.42 Å². The van der Waals surface area contributed by atoms with Gasteiger partial charge in [0.05, 0.1) is 6.42 Å². The molecule has 0 aromatic heterocycles. The van der Waals surface area contributed by atoms with Gasteiger partial charge in [-0.2, -0.15) is 8.42 Å². The molecule has 0 saturated heterocycles. The molecule has 0 saturated carbocycles. The van der Waals surface area contributed by atoms with Gasteiger partial charge in [0.25, 0.3) is 0 Å². The fourth-order valence-electron chi connectivity index (χ4n) is 0.878. The molecular weight excluding hydrogens is 192 g/mol. The minimum atomic E-state index is -3.09. The van der Waals surface area contributed by atoms with Gasteiger partial charge in [0.2, 0.25) is 0 Å². The van der Waals surface area contributed by atoms with Crippen molar-refractivity contribution in [2.45, 2.75) is 6.42 Å². The van der Waals surface area contributed by atoms with Crippen LogP contribution in [-0.4, -0.2) is 14.4 Å². The fraction of sp³-hybridized carbons (Fsp3) is 0.125. The molecule has 1 aromatic rings. The van der Waals surface area contributed by atoms with E-state index in [9.17, 15) is 13.2 Å². The lowest BCUT2D eigenvalue weighted by atomic mass is 10.2. The molecular formula is C8H8O4S. The third-order valence-corrected chi connectivity index (χ3v) is 1.72. The second-order valence-electron chi connectivity index (χ2n) is 2.35. The van der Waals surface area contributed by atoms with Gasteiger partial charge in [-0.1, -0.05) is 30.3 Å². The Balaban J connectivity index is 2.55. The smallest absolute Gasteiger partial charge is 0.326 e. The summed E-state index contributed by atoms with van der Waals surface area (Å²) in [5, 5.41) is 0. The van der Waals surface area contributed by atoms with Crippen molar-refractivity contribution in [3.8, 4) is 0 Å². The molecule has 0 aliphatic carbocycles. The van der Waals surface area contributed by atoms with Crippen LogP contribution in [0.4, 0.5) is 0 Å².